The van der Waals surface area contributed by atoms with Gasteiger partial charge in [-0.3, -0.25) is 19.1 Å². The molecule has 0 fully saturated rings. The number of nitrogens with zero attached hydrogens (tertiary/aromatic N) is 5. The molecule has 9 nitrogen and oxygen atoms in total. The van der Waals surface area contributed by atoms with Gasteiger partial charge in [0.2, 0.25) is 5.91 Å². The largest absolute Gasteiger partial charge is 0.347 e. The fourth-order valence-corrected chi connectivity index (χ4v) is 2.96. The molecule has 30 heavy (non-hydrogen) atoms. The molecule has 0 unspecified atom stereocenters. The highest BCUT2D eigenvalue weighted by atomic mass is 35.5. The second kappa shape index (κ2) is 8.50. The first-order chi connectivity index (χ1) is 14.2. The van der Waals surface area contributed by atoms with E-state index in [1.165, 1.54) is 21.8 Å². The number of carbonyl (C=O) groups is 2. The number of likely N-dealkylation sites (N-methyl/N-ethyl adjacent to an activating group) is 1. The minimum atomic E-state index is -0.800. The number of hydrogen-bond donors (Lipinski definition) is 1. The predicted molar refractivity (Wildman–Crippen MR) is 113 cm³/mol. The minimum absolute atomic E-state index is 0.141. The van der Waals surface area contributed by atoms with Gasteiger partial charge in [-0.2, -0.15) is 14.9 Å². The molecule has 0 aliphatic carbocycles. The van der Waals surface area contributed by atoms with Gasteiger partial charge in [0.25, 0.3) is 11.5 Å². The molecule has 156 valence electrons. The standard InChI is InChI=1S/C20H21ClN6O3/c1-12(19(29)25(2)3)23-18(28)16-9-17(13-5-7-14(21)8-6-13)24-27(20(16)30)15-10-22-26(4)11-15/h5-12H,1-4H3,(H,23,28)/t12-/m0/s1. The Hall–Kier alpha value is -3.46. The molecule has 0 radical (unpaired) electrons. The van der Waals surface area contributed by atoms with E-state index in [0.29, 0.717) is 22.0 Å². The molecule has 1 aromatic carbocycles. The SMILES string of the molecule is C[C@H](NC(=O)c1cc(-c2ccc(Cl)cc2)nn(-c2cnn(C)c2)c1=O)C(=O)N(C)C. The molecule has 0 saturated carbocycles. The van der Waals surface area contributed by atoms with Gasteiger partial charge in [0, 0.05) is 31.7 Å². The molecule has 2 amide bonds. The second-order valence-corrected chi connectivity index (χ2v) is 7.40. The Balaban J connectivity index is 2.10. The number of carbonyl (C=O) groups excluding carboxylic acids is 2. The summed E-state index contributed by atoms with van der Waals surface area (Å²) in [6.07, 6.45) is 3.08. The van der Waals surface area contributed by atoms with Gasteiger partial charge in [-0.25, -0.2) is 0 Å². The average molecular weight is 429 g/mol. The van der Waals surface area contributed by atoms with Crippen LogP contribution in [0.25, 0.3) is 16.9 Å². The van der Waals surface area contributed by atoms with E-state index in [9.17, 15) is 14.4 Å². The van der Waals surface area contributed by atoms with Crippen molar-refractivity contribution in [1.82, 2.24) is 29.8 Å². The van der Waals surface area contributed by atoms with E-state index in [1.54, 1.807) is 58.5 Å². The zero-order valence-electron chi connectivity index (χ0n) is 17.0. The number of nitrogens with one attached hydrogen (secondary N) is 1. The molecule has 0 aliphatic rings. The third-order valence-corrected chi connectivity index (χ3v) is 4.64. The zero-order valence-corrected chi connectivity index (χ0v) is 17.7. The Morgan fingerprint density at radius 1 is 1.20 bits per heavy atom. The fraction of sp³-hybridized carbons (Fsp3) is 0.250. The van der Waals surface area contributed by atoms with Gasteiger partial charge >= 0.3 is 0 Å². The van der Waals surface area contributed by atoms with Crippen molar-refractivity contribution in [3.63, 3.8) is 0 Å². The molecular weight excluding hydrogens is 408 g/mol. The summed E-state index contributed by atoms with van der Waals surface area (Å²) in [5.41, 5.74) is 0.708. The Labute approximate surface area is 177 Å². The lowest BCUT2D eigenvalue weighted by atomic mass is 10.1. The average Bonchev–Trinajstić information content (AvgIpc) is 3.14. The number of hydrogen-bond acceptors (Lipinski definition) is 5. The Bertz CT molecular complexity index is 1150. The smallest absolute Gasteiger partial charge is 0.284 e. The van der Waals surface area contributed by atoms with Gasteiger partial charge in [-0.05, 0) is 25.1 Å². The lowest BCUT2D eigenvalue weighted by molar-refractivity contribution is -0.130. The summed E-state index contributed by atoms with van der Waals surface area (Å²) in [6, 6.07) is 7.46. The van der Waals surface area contributed by atoms with Crippen molar-refractivity contribution >= 4 is 23.4 Å². The maximum absolute atomic E-state index is 13.0. The van der Waals surface area contributed by atoms with Crippen LogP contribution in [0.15, 0.2) is 47.5 Å². The van der Waals surface area contributed by atoms with Crippen molar-refractivity contribution in [2.24, 2.45) is 7.05 Å². The van der Waals surface area contributed by atoms with E-state index in [4.69, 9.17) is 11.6 Å². The lowest BCUT2D eigenvalue weighted by Gasteiger charge is -2.18. The Morgan fingerprint density at radius 2 is 1.87 bits per heavy atom. The third-order valence-electron chi connectivity index (χ3n) is 4.39. The van der Waals surface area contributed by atoms with Crippen LogP contribution in [0.5, 0.6) is 0 Å². The summed E-state index contributed by atoms with van der Waals surface area (Å²) >= 11 is 5.96. The molecule has 1 N–H and O–H groups in total. The predicted octanol–water partition coefficient (Wildman–Crippen LogP) is 1.49. The molecule has 0 aliphatic heterocycles. The van der Waals surface area contributed by atoms with Crippen molar-refractivity contribution in [3.05, 3.63) is 63.7 Å². The minimum Gasteiger partial charge on any atom is -0.347 e. The number of aromatic nitrogens is 4. The van der Waals surface area contributed by atoms with E-state index in [1.807, 2.05) is 0 Å². The van der Waals surface area contributed by atoms with Gasteiger partial charge in [-0.1, -0.05) is 23.7 Å². The van der Waals surface area contributed by atoms with Crippen molar-refractivity contribution in [2.75, 3.05) is 14.1 Å². The highest BCUT2D eigenvalue weighted by molar-refractivity contribution is 6.30. The Kier molecular flexibility index (Phi) is 6.02. The van der Waals surface area contributed by atoms with E-state index in [2.05, 4.69) is 15.5 Å². The van der Waals surface area contributed by atoms with E-state index in [0.717, 1.165) is 4.68 Å². The van der Waals surface area contributed by atoms with Crippen LogP contribution in [0.1, 0.15) is 17.3 Å². The first kappa shape index (κ1) is 21.3. The highest BCUT2D eigenvalue weighted by Gasteiger charge is 2.22. The van der Waals surface area contributed by atoms with Crippen LogP contribution in [-0.4, -0.2) is 56.4 Å². The second-order valence-electron chi connectivity index (χ2n) is 6.97. The summed E-state index contributed by atoms with van der Waals surface area (Å²) in [5.74, 6) is -0.958. The Morgan fingerprint density at radius 3 is 2.43 bits per heavy atom. The molecule has 3 aromatic rings. The normalized spacial score (nSPS) is 11.8. The van der Waals surface area contributed by atoms with E-state index < -0.39 is 17.5 Å². The van der Waals surface area contributed by atoms with Crippen molar-refractivity contribution in [1.29, 1.82) is 0 Å². The van der Waals surface area contributed by atoms with Crippen molar-refractivity contribution in [3.8, 4) is 16.9 Å². The van der Waals surface area contributed by atoms with E-state index >= 15 is 0 Å². The van der Waals surface area contributed by atoms with E-state index in [-0.39, 0.29) is 11.5 Å². The summed E-state index contributed by atoms with van der Waals surface area (Å²) < 4.78 is 2.64. The molecule has 0 spiro atoms. The molecule has 2 aromatic heterocycles. The lowest BCUT2D eigenvalue weighted by Crippen LogP contribution is -2.45. The summed E-state index contributed by atoms with van der Waals surface area (Å²) in [5, 5.41) is 11.6. The van der Waals surface area contributed by atoms with Gasteiger partial charge < -0.3 is 10.2 Å². The molecule has 3 rings (SSSR count). The maximum Gasteiger partial charge on any atom is 0.284 e. The number of aryl methyl sites for hydroxylation is 1. The van der Waals surface area contributed by atoms with Crippen LogP contribution < -0.4 is 10.9 Å². The first-order valence-electron chi connectivity index (χ1n) is 9.08. The monoisotopic (exact) mass is 428 g/mol. The van der Waals surface area contributed by atoms with Gasteiger partial charge in [0.05, 0.1) is 18.1 Å². The molecule has 1 atom stereocenters. The topological polar surface area (TPSA) is 102 Å². The summed E-state index contributed by atoms with van der Waals surface area (Å²) in [6.45, 7) is 1.56. The molecular formula is C20H21ClN6O3. The molecule has 10 heteroatoms. The summed E-state index contributed by atoms with van der Waals surface area (Å²) in [7, 11) is 4.89. The fourth-order valence-electron chi connectivity index (χ4n) is 2.84. The van der Waals surface area contributed by atoms with Crippen LogP contribution in [-0.2, 0) is 11.8 Å². The van der Waals surface area contributed by atoms with Crippen LogP contribution >= 0.6 is 11.6 Å². The quantitative estimate of drug-likeness (QED) is 0.663. The number of halogens is 1. The van der Waals surface area contributed by atoms with Crippen LogP contribution in [0, 0.1) is 0 Å². The highest BCUT2D eigenvalue weighted by Crippen LogP contribution is 2.20. The first-order valence-corrected chi connectivity index (χ1v) is 9.46. The van der Waals surface area contributed by atoms with Crippen LogP contribution in [0.2, 0.25) is 5.02 Å². The van der Waals surface area contributed by atoms with Crippen molar-refractivity contribution in [2.45, 2.75) is 13.0 Å². The van der Waals surface area contributed by atoms with Crippen LogP contribution in [0.3, 0.4) is 0 Å². The number of benzene rings is 1. The summed E-state index contributed by atoms with van der Waals surface area (Å²) in [4.78, 5) is 39.4. The van der Waals surface area contributed by atoms with Crippen molar-refractivity contribution < 1.29 is 9.59 Å². The molecule has 0 saturated heterocycles. The number of rotatable bonds is 5. The molecule has 0 bridgehead atoms. The van der Waals surface area contributed by atoms with Gasteiger partial charge in [-0.15, -0.1) is 0 Å². The van der Waals surface area contributed by atoms with Gasteiger partial charge in [0.1, 0.15) is 17.3 Å². The number of amides is 2. The zero-order chi connectivity index (χ0) is 22.0. The van der Waals surface area contributed by atoms with Crippen LogP contribution in [0.4, 0.5) is 0 Å². The third kappa shape index (κ3) is 4.41. The van der Waals surface area contributed by atoms with Gasteiger partial charge in [0.15, 0.2) is 0 Å². The molecule has 2 heterocycles. The maximum atomic E-state index is 13.0.